The summed E-state index contributed by atoms with van der Waals surface area (Å²) in [5, 5.41) is 5.69. The SMILES string of the molecule is CCNCC1CCCc2sc(-c3ccc(Cl)c(Cl)c3)nc21. The molecule has 1 atom stereocenters. The Bertz CT molecular complexity index is 639. The highest BCUT2D eigenvalue weighted by Gasteiger charge is 2.24. The van der Waals surface area contributed by atoms with Gasteiger partial charge in [-0.05, 0) is 37.9 Å². The van der Waals surface area contributed by atoms with Crippen LogP contribution in [0.25, 0.3) is 10.6 Å². The van der Waals surface area contributed by atoms with Crippen molar-refractivity contribution in [3.8, 4) is 10.6 Å². The molecule has 1 N–H and O–H groups in total. The second-order valence-corrected chi connectivity index (χ2v) is 7.25. The molecule has 0 aliphatic heterocycles. The summed E-state index contributed by atoms with van der Waals surface area (Å²) in [6.07, 6.45) is 3.63. The number of hydrogen-bond donors (Lipinski definition) is 1. The van der Waals surface area contributed by atoms with Crippen LogP contribution in [0.4, 0.5) is 0 Å². The van der Waals surface area contributed by atoms with E-state index in [4.69, 9.17) is 28.2 Å². The van der Waals surface area contributed by atoms with E-state index in [2.05, 4.69) is 12.2 Å². The Balaban J connectivity index is 1.91. The average Bonchev–Trinajstić information content (AvgIpc) is 2.92. The molecule has 1 heterocycles. The van der Waals surface area contributed by atoms with Gasteiger partial charge in [-0.1, -0.05) is 36.2 Å². The van der Waals surface area contributed by atoms with E-state index in [9.17, 15) is 0 Å². The number of aryl methyl sites for hydroxylation is 1. The molecule has 1 aliphatic carbocycles. The summed E-state index contributed by atoms with van der Waals surface area (Å²) in [6, 6.07) is 5.75. The molecule has 0 fully saturated rings. The topological polar surface area (TPSA) is 24.9 Å². The van der Waals surface area contributed by atoms with E-state index in [1.54, 1.807) is 11.3 Å². The Hall–Kier alpha value is -0.610. The van der Waals surface area contributed by atoms with Crippen molar-refractivity contribution in [1.29, 1.82) is 0 Å². The first-order chi connectivity index (χ1) is 10.2. The molecule has 1 aromatic carbocycles. The van der Waals surface area contributed by atoms with E-state index in [0.717, 1.165) is 30.1 Å². The Labute approximate surface area is 139 Å². The van der Waals surface area contributed by atoms with Gasteiger partial charge in [0.2, 0.25) is 0 Å². The summed E-state index contributed by atoms with van der Waals surface area (Å²) >= 11 is 13.9. The molecule has 1 aromatic heterocycles. The van der Waals surface area contributed by atoms with Gasteiger partial charge in [0.15, 0.2) is 0 Å². The average molecular weight is 341 g/mol. The first kappa shape index (κ1) is 15.3. The number of nitrogens with one attached hydrogen (secondary N) is 1. The minimum Gasteiger partial charge on any atom is -0.316 e. The normalized spacial score (nSPS) is 17.8. The van der Waals surface area contributed by atoms with Gasteiger partial charge in [-0.2, -0.15) is 0 Å². The Morgan fingerprint density at radius 2 is 2.19 bits per heavy atom. The fourth-order valence-electron chi connectivity index (χ4n) is 2.78. The number of benzene rings is 1. The molecule has 0 spiro atoms. The molecule has 1 aliphatic rings. The predicted molar refractivity (Wildman–Crippen MR) is 91.8 cm³/mol. The third-order valence-corrected chi connectivity index (χ3v) is 5.80. The molecule has 0 bridgehead atoms. The highest BCUT2D eigenvalue weighted by Crippen LogP contribution is 2.39. The van der Waals surface area contributed by atoms with Crippen LogP contribution in [0.1, 0.15) is 36.3 Å². The molecule has 1 unspecified atom stereocenters. The summed E-state index contributed by atoms with van der Waals surface area (Å²) in [7, 11) is 0. The lowest BCUT2D eigenvalue weighted by atomic mass is 9.91. The molecule has 0 saturated carbocycles. The number of halogens is 2. The Morgan fingerprint density at radius 1 is 1.33 bits per heavy atom. The number of rotatable bonds is 4. The van der Waals surface area contributed by atoms with Gasteiger partial charge in [0, 0.05) is 22.9 Å². The third-order valence-electron chi connectivity index (χ3n) is 3.88. The first-order valence-electron chi connectivity index (χ1n) is 7.34. The smallest absolute Gasteiger partial charge is 0.123 e. The van der Waals surface area contributed by atoms with Crippen LogP contribution in [0.2, 0.25) is 10.0 Å². The molecular weight excluding hydrogens is 323 g/mol. The number of hydrogen-bond acceptors (Lipinski definition) is 3. The van der Waals surface area contributed by atoms with Crippen LogP contribution in [0, 0.1) is 0 Å². The van der Waals surface area contributed by atoms with E-state index in [0.29, 0.717) is 16.0 Å². The molecule has 0 amide bonds. The van der Waals surface area contributed by atoms with E-state index in [-0.39, 0.29) is 0 Å². The second-order valence-electron chi connectivity index (χ2n) is 5.35. The maximum atomic E-state index is 6.12. The summed E-state index contributed by atoms with van der Waals surface area (Å²) in [5.41, 5.74) is 2.35. The zero-order valence-electron chi connectivity index (χ0n) is 12.0. The molecular formula is C16H18Cl2N2S. The zero-order chi connectivity index (χ0) is 14.8. The highest BCUT2D eigenvalue weighted by molar-refractivity contribution is 7.15. The van der Waals surface area contributed by atoms with Crippen LogP contribution in [-0.4, -0.2) is 18.1 Å². The van der Waals surface area contributed by atoms with Crippen molar-refractivity contribution in [2.24, 2.45) is 0 Å². The fraction of sp³-hybridized carbons (Fsp3) is 0.438. The van der Waals surface area contributed by atoms with Crippen LogP contribution >= 0.6 is 34.5 Å². The summed E-state index contributed by atoms with van der Waals surface area (Å²) in [4.78, 5) is 6.34. The number of likely N-dealkylation sites (N-methyl/N-ethyl adjacent to an activating group) is 1. The lowest BCUT2D eigenvalue weighted by Gasteiger charge is -2.21. The van der Waals surface area contributed by atoms with Crippen LogP contribution < -0.4 is 5.32 Å². The lowest BCUT2D eigenvalue weighted by Crippen LogP contribution is -2.23. The summed E-state index contributed by atoms with van der Waals surface area (Å²) < 4.78 is 0. The van der Waals surface area contributed by atoms with Gasteiger partial charge in [0.25, 0.3) is 0 Å². The van der Waals surface area contributed by atoms with Crippen LogP contribution in [0.3, 0.4) is 0 Å². The fourth-order valence-corrected chi connectivity index (χ4v) is 4.26. The summed E-state index contributed by atoms with van der Waals surface area (Å²) in [5.74, 6) is 0.543. The number of aromatic nitrogens is 1. The molecule has 21 heavy (non-hydrogen) atoms. The molecule has 2 nitrogen and oxygen atoms in total. The van der Waals surface area contributed by atoms with Gasteiger partial charge in [-0.25, -0.2) is 4.98 Å². The molecule has 3 rings (SSSR count). The second kappa shape index (κ2) is 6.66. The third kappa shape index (κ3) is 3.26. The summed E-state index contributed by atoms with van der Waals surface area (Å²) in [6.45, 7) is 4.18. The number of thiazole rings is 1. The van der Waals surface area contributed by atoms with Crippen LogP contribution in [0.5, 0.6) is 0 Å². The van der Waals surface area contributed by atoms with Crippen molar-refractivity contribution >= 4 is 34.5 Å². The van der Waals surface area contributed by atoms with E-state index < -0.39 is 0 Å². The standard InChI is InChI=1S/C16H18Cl2N2S/c1-2-19-9-11-4-3-5-14-15(11)20-16(21-14)10-6-7-12(17)13(18)8-10/h6-8,11,19H,2-5,9H2,1H3. The van der Waals surface area contributed by atoms with Gasteiger partial charge >= 0.3 is 0 Å². The van der Waals surface area contributed by atoms with Gasteiger partial charge < -0.3 is 5.32 Å². The van der Waals surface area contributed by atoms with E-state index in [1.165, 1.54) is 23.4 Å². The van der Waals surface area contributed by atoms with Gasteiger partial charge in [0.05, 0.1) is 15.7 Å². The van der Waals surface area contributed by atoms with Crippen molar-refractivity contribution in [3.63, 3.8) is 0 Å². The maximum Gasteiger partial charge on any atom is 0.123 e. The lowest BCUT2D eigenvalue weighted by molar-refractivity contribution is 0.509. The largest absolute Gasteiger partial charge is 0.316 e. The van der Waals surface area contributed by atoms with Crippen molar-refractivity contribution < 1.29 is 0 Å². The van der Waals surface area contributed by atoms with Crippen LogP contribution in [0.15, 0.2) is 18.2 Å². The molecule has 0 radical (unpaired) electrons. The zero-order valence-corrected chi connectivity index (χ0v) is 14.3. The molecule has 2 aromatic rings. The first-order valence-corrected chi connectivity index (χ1v) is 8.92. The minimum absolute atomic E-state index is 0.543. The Kier molecular flexibility index (Phi) is 4.85. The van der Waals surface area contributed by atoms with Gasteiger partial charge in [-0.3, -0.25) is 0 Å². The molecule has 112 valence electrons. The number of nitrogens with zero attached hydrogens (tertiary/aromatic N) is 1. The van der Waals surface area contributed by atoms with Crippen molar-refractivity contribution in [3.05, 3.63) is 38.8 Å². The van der Waals surface area contributed by atoms with Gasteiger partial charge in [-0.15, -0.1) is 11.3 Å². The van der Waals surface area contributed by atoms with Crippen molar-refractivity contribution in [1.82, 2.24) is 10.3 Å². The monoisotopic (exact) mass is 340 g/mol. The highest BCUT2D eigenvalue weighted by atomic mass is 35.5. The van der Waals surface area contributed by atoms with Crippen LogP contribution in [-0.2, 0) is 6.42 Å². The van der Waals surface area contributed by atoms with Crippen molar-refractivity contribution in [2.75, 3.05) is 13.1 Å². The number of fused-ring (bicyclic) bond motifs is 1. The molecule has 5 heteroatoms. The van der Waals surface area contributed by atoms with E-state index in [1.807, 2.05) is 18.2 Å². The maximum absolute atomic E-state index is 6.12. The van der Waals surface area contributed by atoms with Gasteiger partial charge in [0.1, 0.15) is 5.01 Å². The molecule has 0 saturated heterocycles. The van der Waals surface area contributed by atoms with E-state index >= 15 is 0 Å². The minimum atomic E-state index is 0.543. The predicted octanol–water partition coefficient (Wildman–Crippen LogP) is 5.15. The quantitative estimate of drug-likeness (QED) is 0.832. The van der Waals surface area contributed by atoms with Crippen molar-refractivity contribution in [2.45, 2.75) is 32.1 Å². The Morgan fingerprint density at radius 3 is 2.95 bits per heavy atom.